The van der Waals surface area contributed by atoms with Gasteiger partial charge in [0.2, 0.25) is 5.91 Å². The van der Waals surface area contributed by atoms with E-state index in [-0.39, 0.29) is 5.91 Å². The molecule has 18 heavy (non-hydrogen) atoms. The molecule has 4 N–H and O–H groups in total. The van der Waals surface area contributed by atoms with Gasteiger partial charge in [-0.3, -0.25) is 4.79 Å². The number of hydrogen-bond acceptors (Lipinski definition) is 6. The summed E-state index contributed by atoms with van der Waals surface area (Å²) in [5, 5.41) is 31.7. The van der Waals surface area contributed by atoms with E-state index in [1.54, 1.807) is 0 Å². The Labute approximate surface area is 113 Å². The lowest BCUT2D eigenvalue weighted by molar-refractivity contribution is -0.268. The standard InChI is InChI=1S/C10H18BrNO6/c1-5(14)12-7-9(16)8(15)6(4-13)18-10(7)17-3-2-11/h6-10,13,15-16H,2-4H2,1H3,(H,12,14)/t6-,7-,8+,9-,10+/m1/s1. The first kappa shape index (κ1) is 15.8. The maximum Gasteiger partial charge on any atom is 0.217 e. The fraction of sp³-hybridized carbons (Fsp3) is 0.900. The van der Waals surface area contributed by atoms with E-state index in [0.29, 0.717) is 11.9 Å². The van der Waals surface area contributed by atoms with E-state index < -0.39 is 37.3 Å². The summed E-state index contributed by atoms with van der Waals surface area (Å²) in [6.07, 6.45) is -4.40. The Morgan fingerprint density at radius 2 is 2.11 bits per heavy atom. The van der Waals surface area contributed by atoms with Crippen LogP contribution in [0.5, 0.6) is 0 Å². The Hall–Kier alpha value is -0.250. The number of carbonyl (C=O) groups excluding carboxylic acids is 1. The largest absolute Gasteiger partial charge is 0.394 e. The van der Waals surface area contributed by atoms with Crippen molar-refractivity contribution in [3.63, 3.8) is 0 Å². The van der Waals surface area contributed by atoms with Crippen LogP contribution < -0.4 is 5.32 Å². The number of amides is 1. The molecule has 0 radical (unpaired) electrons. The maximum atomic E-state index is 11.1. The molecule has 5 atom stereocenters. The van der Waals surface area contributed by atoms with Gasteiger partial charge in [-0.15, -0.1) is 0 Å². The van der Waals surface area contributed by atoms with Gasteiger partial charge in [-0.2, -0.15) is 0 Å². The number of alkyl halides is 1. The van der Waals surface area contributed by atoms with E-state index >= 15 is 0 Å². The summed E-state index contributed by atoms with van der Waals surface area (Å²) < 4.78 is 10.6. The highest BCUT2D eigenvalue weighted by Gasteiger charge is 2.45. The summed E-state index contributed by atoms with van der Waals surface area (Å²) in [7, 11) is 0. The van der Waals surface area contributed by atoms with Crippen LogP contribution >= 0.6 is 15.9 Å². The Bertz CT molecular complexity index is 279. The van der Waals surface area contributed by atoms with E-state index in [1.165, 1.54) is 6.92 Å². The van der Waals surface area contributed by atoms with Gasteiger partial charge in [-0.25, -0.2) is 0 Å². The highest BCUT2D eigenvalue weighted by molar-refractivity contribution is 9.09. The number of hydrogen-bond donors (Lipinski definition) is 4. The third-order valence-electron chi connectivity index (χ3n) is 2.61. The van der Waals surface area contributed by atoms with Gasteiger partial charge in [0, 0.05) is 12.3 Å². The number of nitrogens with one attached hydrogen (secondary N) is 1. The molecule has 0 aromatic carbocycles. The summed E-state index contributed by atoms with van der Waals surface area (Å²) in [6.45, 7) is 1.15. The second kappa shape index (κ2) is 7.37. The van der Waals surface area contributed by atoms with Crippen LogP contribution in [0.15, 0.2) is 0 Å². The second-order valence-corrected chi connectivity index (χ2v) is 4.79. The summed E-state index contributed by atoms with van der Waals surface area (Å²) in [6, 6.07) is -0.876. The van der Waals surface area contributed by atoms with Crippen molar-refractivity contribution < 1.29 is 29.6 Å². The van der Waals surface area contributed by atoms with Crippen LogP contribution in [0.4, 0.5) is 0 Å². The van der Waals surface area contributed by atoms with Gasteiger partial charge in [-0.1, -0.05) is 15.9 Å². The zero-order chi connectivity index (χ0) is 13.7. The van der Waals surface area contributed by atoms with E-state index in [2.05, 4.69) is 21.2 Å². The SMILES string of the molecule is CC(=O)N[C@H]1[C@@H](OCCBr)O[C@H](CO)[C@H](O)[C@@H]1O. The van der Waals surface area contributed by atoms with Crippen molar-refractivity contribution in [2.75, 3.05) is 18.5 Å². The van der Waals surface area contributed by atoms with E-state index in [4.69, 9.17) is 14.6 Å². The van der Waals surface area contributed by atoms with Gasteiger partial charge in [0.15, 0.2) is 6.29 Å². The Kier molecular flexibility index (Phi) is 6.47. The van der Waals surface area contributed by atoms with Gasteiger partial charge in [-0.05, 0) is 0 Å². The lowest BCUT2D eigenvalue weighted by Crippen LogP contribution is -2.64. The molecule has 1 heterocycles. The third-order valence-corrected chi connectivity index (χ3v) is 2.93. The van der Waals surface area contributed by atoms with Crippen molar-refractivity contribution in [2.24, 2.45) is 0 Å². The minimum Gasteiger partial charge on any atom is -0.394 e. The Morgan fingerprint density at radius 1 is 1.44 bits per heavy atom. The lowest BCUT2D eigenvalue weighted by atomic mass is 9.97. The highest BCUT2D eigenvalue weighted by Crippen LogP contribution is 2.22. The minimum atomic E-state index is -1.28. The van der Waals surface area contributed by atoms with Crippen molar-refractivity contribution in [1.29, 1.82) is 0 Å². The summed E-state index contributed by atoms with van der Waals surface area (Å²) in [5.74, 6) is -0.371. The van der Waals surface area contributed by atoms with Crippen LogP contribution in [0.1, 0.15) is 6.92 Å². The maximum absolute atomic E-state index is 11.1. The molecule has 0 aromatic rings. The molecular formula is C10H18BrNO6. The number of carbonyl (C=O) groups is 1. The molecule has 8 heteroatoms. The first-order valence-corrected chi connectivity index (χ1v) is 6.70. The van der Waals surface area contributed by atoms with E-state index in [1.807, 2.05) is 0 Å². The molecule has 0 saturated carbocycles. The molecule has 0 aromatic heterocycles. The normalized spacial score (nSPS) is 36.4. The molecule has 0 aliphatic carbocycles. The van der Waals surface area contributed by atoms with Crippen LogP contribution in [0.25, 0.3) is 0 Å². The topological polar surface area (TPSA) is 108 Å². The molecule has 106 valence electrons. The molecule has 0 bridgehead atoms. The Balaban J connectivity index is 2.76. The molecule has 0 unspecified atom stereocenters. The fourth-order valence-corrected chi connectivity index (χ4v) is 1.96. The average Bonchev–Trinajstić information content (AvgIpc) is 2.33. The van der Waals surface area contributed by atoms with E-state index in [0.717, 1.165) is 0 Å². The molecule has 1 rings (SSSR count). The molecule has 1 amide bonds. The zero-order valence-electron chi connectivity index (χ0n) is 9.95. The first-order chi connectivity index (χ1) is 8.51. The van der Waals surface area contributed by atoms with Crippen LogP contribution in [0, 0.1) is 0 Å². The first-order valence-electron chi connectivity index (χ1n) is 5.58. The number of ether oxygens (including phenoxy) is 2. The van der Waals surface area contributed by atoms with Crippen molar-refractivity contribution in [3.05, 3.63) is 0 Å². The number of rotatable bonds is 5. The smallest absolute Gasteiger partial charge is 0.217 e. The number of halogens is 1. The van der Waals surface area contributed by atoms with Gasteiger partial charge in [0.1, 0.15) is 24.4 Å². The minimum absolute atomic E-state index is 0.307. The average molecular weight is 328 g/mol. The van der Waals surface area contributed by atoms with Crippen LogP contribution in [0.2, 0.25) is 0 Å². The molecular weight excluding hydrogens is 310 g/mol. The summed E-state index contributed by atoms with van der Waals surface area (Å²) >= 11 is 3.18. The van der Waals surface area contributed by atoms with Crippen molar-refractivity contribution in [3.8, 4) is 0 Å². The fourth-order valence-electron chi connectivity index (χ4n) is 1.77. The predicted octanol–water partition coefficient (Wildman–Crippen LogP) is -1.66. The van der Waals surface area contributed by atoms with Gasteiger partial charge in [0.25, 0.3) is 0 Å². The molecule has 1 aliphatic rings. The lowest BCUT2D eigenvalue weighted by Gasteiger charge is -2.42. The van der Waals surface area contributed by atoms with Gasteiger partial charge in [0.05, 0.1) is 13.2 Å². The highest BCUT2D eigenvalue weighted by atomic mass is 79.9. The molecule has 7 nitrogen and oxygen atoms in total. The summed E-state index contributed by atoms with van der Waals surface area (Å²) in [4.78, 5) is 11.1. The van der Waals surface area contributed by atoms with Gasteiger partial charge < -0.3 is 30.1 Å². The third kappa shape index (κ3) is 3.87. The molecule has 1 fully saturated rings. The Morgan fingerprint density at radius 3 is 2.61 bits per heavy atom. The molecule has 1 saturated heterocycles. The predicted molar refractivity (Wildman–Crippen MR) is 65.1 cm³/mol. The second-order valence-electron chi connectivity index (χ2n) is 3.99. The van der Waals surface area contributed by atoms with Crippen molar-refractivity contribution in [1.82, 2.24) is 5.32 Å². The monoisotopic (exact) mass is 327 g/mol. The summed E-state index contributed by atoms with van der Waals surface area (Å²) in [5.41, 5.74) is 0. The quantitative estimate of drug-likeness (QED) is 0.450. The van der Waals surface area contributed by atoms with Crippen molar-refractivity contribution >= 4 is 21.8 Å². The zero-order valence-corrected chi connectivity index (χ0v) is 11.5. The van der Waals surface area contributed by atoms with Gasteiger partial charge >= 0.3 is 0 Å². The van der Waals surface area contributed by atoms with Crippen LogP contribution in [0.3, 0.4) is 0 Å². The van der Waals surface area contributed by atoms with E-state index in [9.17, 15) is 15.0 Å². The molecule has 1 aliphatic heterocycles. The van der Waals surface area contributed by atoms with Crippen LogP contribution in [-0.4, -0.2) is 70.4 Å². The van der Waals surface area contributed by atoms with Crippen molar-refractivity contribution in [2.45, 2.75) is 37.6 Å². The number of aliphatic hydroxyl groups is 3. The molecule has 0 spiro atoms. The van der Waals surface area contributed by atoms with Crippen LogP contribution in [-0.2, 0) is 14.3 Å². The number of aliphatic hydroxyl groups excluding tert-OH is 3.